The lowest BCUT2D eigenvalue weighted by atomic mass is 10.2. The lowest BCUT2D eigenvalue weighted by Gasteiger charge is -2.06. The molecule has 0 atom stereocenters. The minimum Gasteiger partial charge on any atom is -0.494 e. The predicted molar refractivity (Wildman–Crippen MR) is 385 cm³/mol. The summed E-state index contributed by atoms with van der Waals surface area (Å²) in [5, 5.41) is 5.73. The SMILES string of the molecule is C=CC(=O)OCCCCCCOc1ccc(C)cc1.C=CC(=O)OCCCCCCOc1ccc(C)cc1.C=CC(=O)OCCCCCOC.C=CC(=O)OCCCCCOc1ccc(C)cc1.CC(=O)Nc1ccc(OC(C)=O)cc1Cl.CC(=O)Nc1ccc(OC(C)=O)cc1Cl. The molecule has 0 bridgehead atoms. The highest BCUT2D eigenvalue weighted by atomic mass is 35.5. The molecule has 5 aromatic rings. The number of esters is 6. The highest BCUT2D eigenvalue weighted by Gasteiger charge is 2.08. The van der Waals surface area contributed by atoms with E-state index in [1.807, 2.05) is 79.7 Å². The van der Waals surface area contributed by atoms with E-state index in [1.165, 1.54) is 80.8 Å². The van der Waals surface area contributed by atoms with Gasteiger partial charge in [0.2, 0.25) is 11.8 Å². The maximum Gasteiger partial charge on any atom is 0.330 e. The summed E-state index contributed by atoms with van der Waals surface area (Å²) in [6.07, 6.45) is 18.5. The summed E-state index contributed by atoms with van der Waals surface area (Å²) in [5.41, 5.74) is 4.68. The van der Waals surface area contributed by atoms with Crippen molar-refractivity contribution in [1.29, 1.82) is 0 Å². The van der Waals surface area contributed by atoms with E-state index >= 15 is 0 Å². The van der Waals surface area contributed by atoms with Gasteiger partial charge in [-0.15, -0.1) is 0 Å². The molecular formula is C76H100Cl2N2O18. The zero-order valence-corrected chi connectivity index (χ0v) is 59.7. The number of hydrogen-bond acceptors (Lipinski definition) is 18. The number of rotatable bonds is 37. The first-order valence-corrected chi connectivity index (χ1v) is 33.0. The number of anilines is 2. The van der Waals surface area contributed by atoms with Crippen LogP contribution < -0.4 is 34.3 Å². The number of unbranched alkanes of at least 4 members (excludes halogenated alkanes) is 10. The molecular weight excluding hydrogens is 1300 g/mol. The Morgan fingerprint density at radius 3 is 0.806 bits per heavy atom. The number of nitrogens with one attached hydrogen (secondary N) is 2. The van der Waals surface area contributed by atoms with E-state index in [1.54, 1.807) is 31.4 Å². The summed E-state index contributed by atoms with van der Waals surface area (Å²) in [6.45, 7) is 29.7. The lowest BCUT2D eigenvalue weighted by molar-refractivity contribution is -0.138. The number of ether oxygens (including phenoxy) is 10. The molecule has 0 saturated carbocycles. The molecule has 0 unspecified atom stereocenters. The molecule has 22 heteroatoms. The Balaban J connectivity index is 0.00000116. The maximum atomic E-state index is 10.8. The van der Waals surface area contributed by atoms with Crippen molar-refractivity contribution in [3.63, 3.8) is 0 Å². The van der Waals surface area contributed by atoms with E-state index < -0.39 is 11.9 Å². The van der Waals surface area contributed by atoms with Crippen LogP contribution in [-0.4, -0.2) is 108 Å². The summed E-state index contributed by atoms with van der Waals surface area (Å²) >= 11 is 11.7. The van der Waals surface area contributed by atoms with E-state index in [-0.39, 0.29) is 35.7 Å². The van der Waals surface area contributed by atoms with Gasteiger partial charge in [-0.25, -0.2) is 19.2 Å². The fraction of sp³-hybridized carbons (Fsp3) is 0.395. The molecule has 0 aliphatic carbocycles. The Morgan fingerprint density at radius 2 is 0.582 bits per heavy atom. The summed E-state index contributed by atoms with van der Waals surface area (Å²) in [7, 11) is 1.68. The van der Waals surface area contributed by atoms with E-state index in [4.69, 9.17) is 70.6 Å². The molecule has 0 radical (unpaired) electrons. The first-order valence-electron chi connectivity index (χ1n) is 32.2. The van der Waals surface area contributed by atoms with Crippen LogP contribution in [0.5, 0.6) is 28.7 Å². The van der Waals surface area contributed by atoms with Crippen LogP contribution in [0, 0.1) is 20.8 Å². The standard InChI is InChI=1S/2C16H22O3.C15H20O3.2C10H10ClNO3.C9H16O3/c2*1-3-16(17)19-13-7-5-4-6-12-18-15-10-8-14(2)9-11-15;1-3-15(16)18-12-6-4-5-11-17-14-9-7-13(2)8-10-14;2*1-6(13)12-10-4-3-8(5-9(10)11)15-7(2)14;1-3-9(10)12-8-6-4-5-7-11-2/h2*3,8-11H,1,4-7,12-13H2,2H3;3,7-10H,1,4-6,11-12H2,2H3;2*3-5H,1-2H3,(H,12,13);3H,1,4-8H2,2H3. The van der Waals surface area contributed by atoms with Gasteiger partial charge in [-0.1, -0.05) is 103 Å². The van der Waals surface area contributed by atoms with Crippen molar-refractivity contribution in [1.82, 2.24) is 0 Å². The molecule has 0 aliphatic heterocycles. The Kier molecular flexibility index (Phi) is 52.5. The van der Waals surface area contributed by atoms with Gasteiger partial charge >= 0.3 is 35.8 Å². The molecule has 20 nitrogen and oxygen atoms in total. The second kappa shape index (κ2) is 58.0. The zero-order chi connectivity index (χ0) is 73.1. The summed E-state index contributed by atoms with van der Waals surface area (Å²) < 4.78 is 50.8. The summed E-state index contributed by atoms with van der Waals surface area (Å²) in [4.78, 5) is 85.7. The molecule has 0 saturated heterocycles. The number of carbonyl (C=O) groups excluding carboxylic acids is 8. The Morgan fingerprint density at radius 1 is 0.347 bits per heavy atom. The second-order valence-corrected chi connectivity index (χ2v) is 22.1. The van der Waals surface area contributed by atoms with Crippen molar-refractivity contribution < 1.29 is 85.7 Å². The number of amides is 2. The van der Waals surface area contributed by atoms with Gasteiger partial charge < -0.3 is 58.0 Å². The predicted octanol–water partition coefficient (Wildman–Crippen LogP) is 16.6. The lowest BCUT2D eigenvalue weighted by Crippen LogP contribution is -2.06. The van der Waals surface area contributed by atoms with Crippen LogP contribution >= 0.6 is 23.2 Å². The van der Waals surface area contributed by atoms with Crippen molar-refractivity contribution in [2.75, 3.05) is 70.6 Å². The molecule has 0 aromatic heterocycles. The van der Waals surface area contributed by atoms with Crippen LogP contribution in [0.3, 0.4) is 0 Å². The van der Waals surface area contributed by atoms with Crippen LogP contribution in [0.1, 0.15) is 134 Å². The molecule has 2 amide bonds. The van der Waals surface area contributed by atoms with Gasteiger partial charge in [0.25, 0.3) is 0 Å². The first-order chi connectivity index (χ1) is 46.9. The molecule has 0 fully saturated rings. The molecule has 0 aliphatic rings. The Labute approximate surface area is 589 Å². The zero-order valence-electron chi connectivity index (χ0n) is 58.2. The summed E-state index contributed by atoms with van der Waals surface area (Å²) in [5.74, 6) is 0.793. The average molecular weight is 1400 g/mol. The topological polar surface area (TPSA) is 253 Å². The van der Waals surface area contributed by atoms with E-state index in [2.05, 4.69) is 50.8 Å². The van der Waals surface area contributed by atoms with Crippen molar-refractivity contribution in [3.8, 4) is 28.7 Å². The number of carbonyl (C=O) groups is 8. The third-order valence-corrected chi connectivity index (χ3v) is 13.0. The fourth-order valence-electron chi connectivity index (χ4n) is 7.45. The largest absolute Gasteiger partial charge is 0.494 e. The van der Waals surface area contributed by atoms with Gasteiger partial charge in [0.05, 0.1) is 67.7 Å². The Hall–Kier alpha value is -9.24. The number of halogens is 2. The second-order valence-electron chi connectivity index (χ2n) is 21.2. The van der Waals surface area contributed by atoms with Crippen LogP contribution in [0.4, 0.5) is 11.4 Å². The number of methoxy groups -OCH3 is 1. The molecule has 0 heterocycles. The Bertz CT molecular complexity index is 2980. The van der Waals surface area contributed by atoms with Gasteiger partial charge in [0.15, 0.2) is 0 Å². The fourth-order valence-corrected chi connectivity index (χ4v) is 7.89. The van der Waals surface area contributed by atoms with Gasteiger partial charge in [-0.3, -0.25) is 19.2 Å². The van der Waals surface area contributed by atoms with E-state index in [0.29, 0.717) is 66.0 Å². The molecule has 98 heavy (non-hydrogen) atoms. The number of aryl methyl sites for hydroxylation is 3. The number of hydrogen-bond donors (Lipinski definition) is 2. The minimum atomic E-state index is -0.418. The monoisotopic (exact) mass is 1400 g/mol. The first kappa shape index (κ1) is 88.8. The molecule has 5 rings (SSSR count). The smallest absolute Gasteiger partial charge is 0.330 e. The van der Waals surface area contributed by atoms with Gasteiger partial charge in [0, 0.05) is 77.8 Å². The minimum absolute atomic E-state index is 0.211. The molecule has 5 aromatic carbocycles. The molecule has 536 valence electrons. The maximum absolute atomic E-state index is 10.8. The third kappa shape index (κ3) is 52.0. The van der Waals surface area contributed by atoms with Crippen molar-refractivity contribution in [2.45, 2.75) is 138 Å². The van der Waals surface area contributed by atoms with E-state index in [0.717, 1.165) is 127 Å². The molecule has 0 spiro atoms. The van der Waals surface area contributed by atoms with Gasteiger partial charge in [-0.05, 0) is 171 Å². The van der Waals surface area contributed by atoms with Crippen LogP contribution in [0.25, 0.3) is 0 Å². The highest BCUT2D eigenvalue weighted by Crippen LogP contribution is 2.28. The van der Waals surface area contributed by atoms with Gasteiger partial charge in [0.1, 0.15) is 28.7 Å². The van der Waals surface area contributed by atoms with Crippen molar-refractivity contribution in [2.24, 2.45) is 0 Å². The van der Waals surface area contributed by atoms with Crippen LogP contribution in [-0.2, 0) is 62.0 Å². The normalized spacial score (nSPS) is 9.73. The van der Waals surface area contributed by atoms with Crippen LogP contribution in [0.15, 0.2) is 160 Å². The molecule has 2 N–H and O–H groups in total. The van der Waals surface area contributed by atoms with Crippen LogP contribution in [0.2, 0.25) is 10.0 Å². The third-order valence-electron chi connectivity index (χ3n) is 12.4. The van der Waals surface area contributed by atoms with Gasteiger partial charge in [-0.2, -0.15) is 0 Å². The van der Waals surface area contributed by atoms with Crippen molar-refractivity contribution in [3.05, 3.63) is 187 Å². The average Bonchev–Trinajstić information content (AvgIpc) is 0.898. The van der Waals surface area contributed by atoms with E-state index in [9.17, 15) is 38.4 Å². The number of benzene rings is 5. The summed E-state index contributed by atoms with van der Waals surface area (Å²) in [6, 6.07) is 33.3. The quantitative estimate of drug-likeness (QED) is 0.0123. The van der Waals surface area contributed by atoms with Crippen molar-refractivity contribution >= 4 is 82.2 Å². The highest BCUT2D eigenvalue weighted by molar-refractivity contribution is 6.34.